The van der Waals surface area contributed by atoms with Crippen LogP contribution in [0.15, 0.2) is 18.2 Å². The van der Waals surface area contributed by atoms with Gasteiger partial charge in [0.2, 0.25) is 0 Å². The van der Waals surface area contributed by atoms with Crippen LogP contribution in [0.5, 0.6) is 0 Å². The smallest absolute Gasteiger partial charge is 0.338 e. The average Bonchev–Trinajstić information content (AvgIpc) is 2.37. The number of halogens is 1. The van der Waals surface area contributed by atoms with Gasteiger partial charge < -0.3 is 10.0 Å². The number of nitrogens with zero attached hydrogens (tertiary/aromatic N) is 1. The third kappa shape index (κ3) is 3.95. The van der Waals surface area contributed by atoms with E-state index in [1.54, 1.807) is 6.07 Å². The maximum atomic E-state index is 13.9. The molecule has 112 valence electrons. The fourth-order valence-electron chi connectivity index (χ4n) is 2.44. The van der Waals surface area contributed by atoms with Crippen molar-refractivity contribution in [1.82, 2.24) is 0 Å². The third-order valence-electron chi connectivity index (χ3n) is 3.46. The molecule has 1 aromatic carbocycles. The van der Waals surface area contributed by atoms with Crippen LogP contribution in [0.2, 0.25) is 0 Å². The molecule has 0 aliphatic carbocycles. The number of carboxylic acid groups (broad SMARTS) is 1. The first-order valence-electron chi connectivity index (χ1n) is 7.20. The van der Waals surface area contributed by atoms with Crippen LogP contribution in [-0.2, 0) is 0 Å². The summed E-state index contributed by atoms with van der Waals surface area (Å²) in [4.78, 5) is 13.1. The number of carbonyl (C=O) groups is 1. The van der Waals surface area contributed by atoms with Gasteiger partial charge in [-0.1, -0.05) is 27.7 Å². The van der Waals surface area contributed by atoms with Crippen molar-refractivity contribution in [3.8, 4) is 0 Å². The van der Waals surface area contributed by atoms with E-state index in [0.29, 0.717) is 12.0 Å². The first kappa shape index (κ1) is 16.5. The zero-order valence-electron chi connectivity index (χ0n) is 12.7. The quantitative estimate of drug-likeness (QED) is 0.815. The van der Waals surface area contributed by atoms with Gasteiger partial charge in [0, 0.05) is 18.3 Å². The lowest BCUT2D eigenvalue weighted by molar-refractivity contribution is 0.0692. The van der Waals surface area contributed by atoms with Crippen molar-refractivity contribution in [3.63, 3.8) is 0 Å². The van der Waals surface area contributed by atoms with Crippen LogP contribution < -0.4 is 4.90 Å². The molecule has 1 aromatic rings. The summed E-state index contributed by atoms with van der Waals surface area (Å²) >= 11 is 0. The minimum absolute atomic E-state index is 0.275. The summed E-state index contributed by atoms with van der Waals surface area (Å²) < 4.78 is 13.9. The second-order valence-electron chi connectivity index (χ2n) is 5.49. The maximum absolute atomic E-state index is 13.9. The van der Waals surface area contributed by atoms with Crippen LogP contribution >= 0.6 is 0 Å². The van der Waals surface area contributed by atoms with E-state index in [1.807, 2.05) is 0 Å². The lowest BCUT2D eigenvalue weighted by Crippen LogP contribution is -2.37. The Hall–Kier alpha value is -1.58. The summed E-state index contributed by atoms with van der Waals surface area (Å²) in [7, 11) is 0. The van der Waals surface area contributed by atoms with Gasteiger partial charge in [0.05, 0.1) is 5.56 Å². The van der Waals surface area contributed by atoms with E-state index in [0.717, 1.165) is 25.1 Å². The summed E-state index contributed by atoms with van der Waals surface area (Å²) in [6.45, 7) is 9.31. The Morgan fingerprint density at radius 3 is 2.30 bits per heavy atom. The number of hydrogen-bond donors (Lipinski definition) is 1. The van der Waals surface area contributed by atoms with Crippen molar-refractivity contribution in [2.75, 3.05) is 11.4 Å². The highest BCUT2D eigenvalue weighted by atomic mass is 19.1. The molecule has 0 aliphatic heterocycles. The molecule has 0 atom stereocenters. The molecule has 0 amide bonds. The number of aromatic carboxylic acids is 1. The molecular formula is C16H24FNO2. The predicted molar refractivity (Wildman–Crippen MR) is 79.9 cm³/mol. The number of carboxylic acids is 1. The van der Waals surface area contributed by atoms with Crippen LogP contribution in [0.3, 0.4) is 0 Å². The Morgan fingerprint density at radius 1 is 1.30 bits per heavy atom. The molecule has 0 aliphatic rings. The largest absolute Gasteiger partial charge is 0.478 e. The highest BCUT2D eigenvalue weighted by Crippen LogP contribution is 2.24. The molecule has 20 heavy (non-hydrogen) atoms. The number of rotatable bonds is 7. The Morgan fingerprint density at radius 2 is 1.90 bits per heavy atom. The third-order valence-corrected chi connectivity index (χ3v) is 3.46. The summed E-state index contributed by atoms with van der Waals surface area (Å²) in [6.07, 6.45) is 1.96. The minimum Gasteiger partial charge on any atom is -0.478 e. The van der Waals surface area contributed by atoms with Crippen molar-refractivity contribution in [1.29, 1.82) is 0 Å². The number of benzene rings is 1. The fraction of sp³-hybridized carbons (Fsp3) is 0.562. The zero-order valence-corrected chi connectivity index (χ0v) is 12.7. The Kier molecular flexibility index (Phi) is 5.99. The monoisotopic (exact) mass is 281 g/mol. The van der Waals surface area contributed by atoms with Crippen molar-refractivity contribution < 1.29 is 14.3 Å². The SMILES string of the molecule is CCC(CC)N(CC(C)C)c1ccc(C(=O)O)c(F)c1. The molecular weight excluding hydrogens is 257 g/mol. The molecule has 4 heteroatoms. The molecule has 3 nitrogen and oxygen atoms in total. The van der Waals surface area contributed by atoms with E-state index in [1.165, 1.54) is 12.1 Å². The van der Waals surface area contributed by atoms with E-state index in [9.17, 15) is 9.18 Å². The van der Waals surface area contributed by atoms with Crippen LogP contribution in [-0.4, -0.2) is 23.7 Å². The summed E-state index contributed by atoms with van der Waals surface area (Å²) in [6, 6.07) is 4.73. The van der Waals surface area contributed by atoms with Crippen molar-refractivity contribution in [2.24, 2.45) is 5.92 Å². The molecule has 0 unspecified atom stereocenters. The lowest BCUT2D eigenvalue weighted by atomic mass is 10.1. The lowest BCUT2D eigenvalue weighted by Gasteiger charge is -2.34. The molecule has 0 saturated carbocycles. The summed E-state index contributed by atoms with van der Waals surface area (Å²) in [5.74, 6) is -1.44. The number of hydrogen-bond acceptors (Lipinski definition) is 2. The second kappa shape index (κ2) is 7.27. The molecule has 1 N–H and O–H groups in total. The van der Waals surface area contributed by atoms with Gasteiger partial charge in [-0.2, -0.15) is 0 Å². The average molecular weight is 281 g/mol. The topological polar surface area (TPSA) is 40.5 Å². The van der Waals surface area contributed by atoms with Crippen molar-refractivity contribution >= 4 is 11.7 Å². The summed E-state index contributed by atoms with van der Waals surface area (Å²) in [5, 5.41) is 8.89. The van der Waals surface area contributed by atoms with Gasteiger partial charge in [-0.15, -0.1) is 0 Å². The molecule has 0 fully saturated rings. The van der Waals surface area contributed by atoms with Gasteiger partial charge >= 0.3 is 5.97 Å². The predicted octanol–water partition coefficient (Wildman–Crippen LogP) is 4.17. The highest BCUT2D eigenvalue weighted by molar-refractivity contribution is 5.88. The van der Waals surface area contributed by atoms with Gasteiger partial charge in [-0.3, -0.25) is 0 Å². The van der Waals surface area contributed by atoms with Gasteiger partial charge in [-0.05, 0) is 37.0 Å². The molecule has 1 rings (SSSR count). The van der Waals surface area contributed by atoms with Crippen LogP contribution in [0.25, 0.3) is 0 Å². The molecule has 0 spiro atoms. The minimum atomic E-state index is -1.23. The first-order chi connectivity index (χ1) is 9.40. The normalized spacial score (nSPS) is 11.2. The molecule has 0 aromatic heterocycles. The van der Waals surface area contributed by atoms with E-state index < -0.39 is 11.8 Å². The van der Waals surface area contributed by atoms with Gasteiger partial charge in [-0.25, -0.2) is 9.18 Å². The Balaban J connectivity index is 3.13. The van der Waals surface area contributed by atoms with E-state index in [-0.39, 0.29) is 5.56 Å². The molecule has 0 saturated heterocycles. The molecule has 0 radical (unpaired) electrons. The van der Waals surface area contributed by atoms with Crippen LogP contribution in [0.1, 0.15) is 50.9 Å². The first-order valence-corrected chi connectivity index (χ1v) is 7.20. The summed E-state index contributed by atoms with van der Waals surface area (Å²) in [5.41, 5.74) is 0.484. The van der Waals surface area contributed by atoms with Crippen molar-refractivity contribution in [3.05, 3.63) is 29.6 Å². The van der Waals surface area contributed by atoms with Gasteiger partial charge in [0.25, 0.3) is 0 Å². The second-order valence-corrected chi connectivity index (χ2v) is 5.49. The van der Waals surface area contributed by atoms with E-state index in [2.05, 4.69) is 32.6 Å². The Labute approximate surface area is 120 Å². The number of anilines is 1. The van der Waals surface area contributed by atoms with Gasteiger partial charge in [0.15, 0.2) is 0 Å². The van der Waals surface area contributed by atoms with Crippen molar-refractivity contribution in [2.45, 2.75) is 46.6 Å². The van der Waals surface area contributed by atoms with Gasteiger partial charge in [0.1, 0.15) is 5.82 Å². The maximum Gasteiger partial charge on any atom is 0.338 e. The standard InChI is InChI=1S/C16H24FNO2/c1-5-12(6-2)18(10-11(3)4)13-7-8-14(16(19)20)15(17)9-13/h7-9,11-12H,5-6,10H2,1-4H3,(H,19,20). The van der Waals surface area contributed by atoms with Crippen LogP contribution in [0.4, 0.5) is 10.1 Å². The highest BCUT2D eigenvalue weighted by Gasteiger charge is 2.19. The fourth-order valence-corrected chi connectivity index (χ4v) is 2.44. The molecule has 0 bridgehead atoms. The van der Waals surface area contributed by atoms with E-state index in [4.69, 9.17) is 5.11 Å². The Bertz CT molecular complexity index is 456. The molecule has 0 heterocycles. The van der Waals surface area contributed by atoms with Crippen LogP contribution in [0, 0.1) is 11.7 Å². The zero-order chi connectivity index (χ0) is 15.3. The van der Waals surface area contributed by atoms with E-state index >= 15 is 0 Å².